The van der Waals surface area contributed by atoms with Gasteiger partial charge in [0.2, 0.25) is 11.8 Å². The van der Waals surface area contributed by atoms with Gasteiger partial charge in [0.05, 0.1) is 69.2 Å². The number of urea groups is 1. The standard InChI is InChI=1S/C59H83ClN6O15S/c1-34(2)41(30-50(82)62-20-22-78-24-23-77-21-18-37(5)67)55(71)64-43(14-12-19-63-56(61)72)45(68)28-39-16-17-42(36(4)26-39)65-57(73)80-49-31-51(69)66(8)44-27-40(29-46(75-9)53(44)60)25-35(3)13-11-15-48(76-10)59(74)32-47(79-52(70)33-59)38(6)54-58(49,7)81-54/h11,13,15-17,26-27,29,34,38,41,43,47-49,54,74H,12,14,18-25,28,30-33H2,1-10H3,(H,62,82)(H,64,71)(H,65,73)(H3,61,63,72)/b15-11+,35-13+/t38-,41+,43+,47+,48-,49+,54+,58+,59-/m1/s1. The number of amides is 5. The van der Waals surface area contributed by atoms with Crippen LogP contribution in [0.2, 0.25) is 5.02 Å². The predicted octanol–water partition coefficient (Wildman–Crippen LogP) is 6.57. The van der Waals surface area contributed by atoms with Crippen molar-refractivity contribution in [1.29, 1.82) is 0 Å². The van der Waals surface area contributed by atoms with Crippen LogP contribution in [0.4, 0.5) is 21.0 Å². The number of benzene rings is 2. The number of primary amides is 1. The molecule has 5 amide bonds. The zero-order valence-electron chi connectivity index (χ0n) is 48.8. The molecule has 7 N–H and O–H groups in total. The van der Waals surface area contributed by atoms with E-state index in [-0.39, 0.29) is 73.5 Å². The Hall–Kier alpha value is -6.01. The van der Waals surface area contributed by atoms with Gasteiger partial charge < -0.3 is 64.8 Å². The van der Waals surface area contributed by atoms with Gasteiger partial charge in [-0.1, -0.05) is 80.5 Å². The number of nitrogens with two attached hydrogens (primary N) is 1. The predicted molar refractivity (Wildman–Crippen MR) is 313 cm³/mol. The molecule has 4 bridgehead atoms. The summed E-state index contributed by atoms with van der Waals surface area (Å²) in [4.78, 5) is 94.2. The van der Waals surface area contributed by atoms with Crippen molar-refractivity contribution >= 4 is 81.7 Å². The molecule has 82 heavy (non-hydrogen) atoms. The van der Waals surface area contributed by atoms with Gasteiger partial charge in [-0.25, -0.2) is 9.59 Å². The molecule has 3 aliphatic rings. The molecule has 2 aromatic rings. The Balaban J connectivity index is 1.31. The lowest BCUT2D eigenvalue weighted by Gasteiger charge is -2.41. The van der Waals surface area contributed by atoms with Crippen LogP contribution in [0.3, 0.4) is 0 Å². The Morgan fingerprint density at radius 1 is 1.01 bits per heavy atom. The quantitative estimate of drug-likeness (QED) is 0.0265. The third kappa shape index (κ3) is 19.3. The van der Waals surface area contributed by atoms with Crippen LogP contribution >= 0.6 is 23.8 Å². The Bertz CT molecular complexity index is 2690. The van der Waals surface area contributed by atoms with Gasteiger partial charge in [0, 0.05) is 70.5 Å². The van der Waals surface area contributed by atoms with Crippen LogP contribution in [0.1, 0.15) is 103 Å². The van der Waals surface area contributed by atoms with E-state index in [0.717, 1.165) is 11.1 Å². The third-order valence-electron chi connectivity index (χ3n) is 15.1. The number of thiocarbonyl (C=S) groups is 1. The number of allylic oxidation sites excluding steroid dienone is 3. The van der Waals surface area contributed by atoms with Crippen molar-refractivity contribution in [2.45, 2.75) is 148 Å². The molecule has 2 fully saturated rings. The van der Waals surface area contributed by atoms with Crippen LogP contribution < -0.4 is 36.6 Å². The number of nitrogens with one attached hydrogen (secondary N) is 4. The highest BCUT2D eigenvalue weighted by atomic mass is 35.5. The number of rotatable bonds is 25. The maximum absolute atomic E-state index is 14.5. The van der Waals surface area contributed by atoms with Crippen molar-refractivity contribution in [3.8, 4) is 5.75 Å². The fourth-order valence-corrected chi connectivity index (χ4v) is 10.8. The largest absolute Gasteiger partial charge is 0.495 e. The monoisotopic (exact) mass is 1180 g/mol. The minimum atomic E-state index is -1.63. The molecule has 9 atom stereocenters. The van der Waals surface area contributed by atoms with Crippen molar-refractivity contribution in [2.75, 3.05) is 71.0 Å². The molecular weight excluding hydrogens is 1100 g/mol. The van der Waals surface area contributed by atoms with Gasteiger partial charge in [-0.15, -0.1) is 0 Å². The molecule has 0 unspecified atom stereocenters. The first-order valence-electron chi connectivity index (χ1n) is 27.7. The number of halogens is 1. The number of Topliss-reactive ketones (excluding diaryl/α,β-unsaturated/α-hetero) is 2. The lowest BCUT2D eigenvalue weighted by Crippen LogP contribution is -2.53. The molecule has 21 nitrogen and oxygen atoms in total. The van der Waals surface area contributed by atoms with E-state index in [2.05, 4.69) is 21.3 Å². The van der Waals surface area contributed by atoms with Gasteiger partial charge in [-0.05, 0) is 87.8 Å². The first-order chi connectivity index (χ1) is 38.8. The van der Waals surface area contributed by atoms with E-state index >= 15 is 0 Å². The van der Waals surface area contributed by atoms with Crippen LogP contribution in [0.25, 0.3) is 0 Å². The molecule has 3 heterocycles. The smallest absolute Gasteiger partial charge is 0.412 e. The fraction of sp³-hybridized carbons (Fsp3) is 0.593. The summed E-state index contributed by atoms with van der Waals surface area (Å²) in [6, 6.07) is 6.93. The molecule has 5 rings (SSSR count). The average Bonchev–Trinajstić information content (AvgIpc) is 2.05. The second-order valence-electron chi connectivity index (χ2n) is 22.0. The first kappa shape index (κ1) is 66.8. The zero-order valence-corrected chi connectivity index (χ0v) is 50.4. The number of anilines is 2. The summed E-state index contributed by atoms with van der Waals surface area (Å²) in [6.45, 7) is 14.4. The normalized spacial score (nSPS) is 24.6. The number of carbonyl (C=O) groups excluding carboxylic acids is 7. The van der Waals surface area contributed by atoms with Crippen molar-refractivity contribution in [3.63, 3.8) is 0 Å². The second-order valence-corrected chi connectivity index (χ2v) is 22.9. The Morgan fingerprint density at radius 2 is 1.73 bits per heavy atom. The Morgan fingerprint density at radius 3 is 2.39 bits per heavy atom. The molecule has 0 radical (unpaired) electrons. The number of aliphatic hydroxyl groups is 1. The SMILES string of the molecule is COc1cc2cc(c1Cl)N(C)C(=O)C[C@H](OC(=O)Nc1ccc(CC(=O)[C@H](CCCNC(N)=O)NC(=O)[C@@H](CC(=S)NCCOCCOCCC(C)=O)C(C)C)cc1C)[C@]1(C)O[C@H]1[C@H](C)[C@@H]1C[C@@](O)(CC(=O)O1)[C@H](OC)/C=C/C=C(\C)C2. The number of hydrogen-bond acceptors (Lipinski definition) is 16. The molecule has 0 spiro atoms. The number of ether oxygens (including phenoxy) is 7. The van der Waals surface area contributed by atoms with E-state index in [1.165, 1.54) is 26.0 Å². The number of aryl methyl sites for hydroxylation is 1. The lowest BCUT2D eigenvalue weighted by atomic mass is 9.78. The van der Waals surface area contributed by atoms with Crippen molar-refractivity contribution < 1.29 is 71.8 Å². The maximum Gasteiger partial charge on any atom is 0.412 e. The van der Waals surface area contributed by atoms with E-state index in [9.17, 15) is 38.7 Å². The minimum Gasteiger partial charge on any atom is -0.495 e. The highest BCUT2D eigenvalue weighted by Gasteiger charge is 2.64. The number of methoxy groups -OCH3 is 2. The lowest BCUT2D eigenvalue weighted by molar-refractivity contribution is -0.187. The number of esters is 1. The summed E-state index contributed by atoms with van der Waals surface area (Å²) in [5, 5.41) is 23.6. The van der Waals surface area contributed by atoms with Gasteiger partial charge in [-0.3, -0.25) is 29.3 Å². The summed E-state index contributed by atoms with van der Waals surface area (Å²) in [5.41, 5.74) is 5.92. The maximum atomic E-state index is 14.5. The Labute approximate surface area is 491 Å². The topological polar surface area (TPSA) is 285 Å². The molecule has 23 heteroatoms. The zero-order chi connectivity index (χ0) is 60.5. The Kier molecular flexibility index (Phi) is 25.3. The number of hydrogen-bond donors (Lipinski definition) is 6. The summed E-state index contributed by atoms with van der Waals surface area (Å²) >= 11 is 12.5. The molecule has 2 saturated heterocycles. The minimum absolute atomic E-state index is 0.0115. The van der Waals surface area contributed by atoms with Gasteiger partial charge in [-0.2, -0.15) is 0 Å². The van der Waals surface area contributed by atoms with E-state index in [1.54, 1.807) is 70.3 Å². The van der Waals surface area contributed by atoms with Gasteiger partial charge in [0.1, 0.15) is 46.1 Å². The van der Waals surface area contributed by atoms with Gasteiger partial charge in [0.15, 0.2) is 5.78 Å². The first-order valence-corrected chi connectivity index (χ1v) is 28.5. The number of nitrogens with zero attached hydrogens (tertiary/aromatic N) is 1. The number of epoxide rings is 1. The molecule has 2 aromatic carbocycles. The summed E-state index contributed by atoms with van der Waals surface area (Å²) in [7, 11) is 4.50. The van der Waals surface area contributed by atoms with Crippen LogP contribution in [0, 0.1) is 24.7 Å². The van der Waals surface area contributed by atoms with E-state index in [4.69, 9.17) is 62.7 Å². The average molecular weight is 1180 g/mol. The van der Waals surface area contributed by atoms with Crippen LogP contribution in [-0.4, -0.2) is 154 Å². The van der Waals surface area contributed by atoms with Crippen LogP contribution in [0.5, 0.6) is 5.75 Å². The van der Waals surface area contributed by atoms with Crippen LogP contribution in [-0.2, 0) is 65.2 Å². The highest BCUT2D eigenvalue weighted by molar-refractivity contribution is 7.80. The number of carbonyl (C=O) groups is 7. The number of fused-ring (bicyclic) bond motifs is 5. The van der Waals surface area contributed by atoms with Crippen molar-refractivity contribution in [2.24, 2.45) is 23.5 Å². The van der Waals surface area contributed by atoms with E-state index < -0.39 is 77.5 Å². The molecular formula is C59H83ClN6O15S. The molecule has 0 aromatic heterocycles. The number of ketones is 2. The summed E-state index contributed by atoms with van der Waals surface area (Å²) in [6.07, 6.45) is 1.55. The highest BCUT2D eigenvalue weighted by Crippen LogP contribution is 2.50. The van der Waals surface area contributed by atoms with Crippen LogP contribution in [0.15, 0.2) is 54.1 Å². The molecule has 0 saturated carbocycles. The van der Waals surface area contributed by atoms with E-state index in [1.807, 2.05) is 26.8 Å². The molecule has 3 aliphatic heterocycles. The van der Waals surface area contributed by atoms with Crippen molar-refractivity contribution in [3.05, 3.63) is 75.8 Å². The molecule has 452 valence electrons. The van der Waals surface area contributed by atoms with Gasteiger partial charge >= 0.3 is 18.1 Å². The summed E-state index contributed by atoms with van der Waals surface area (Å²) in [5.74, 6) is -2.64. The fourth-order valence-electron chi connectivity index (χ4n) is 10.2. The van der Waals surface area contributed by atoms with Gasteiger partial charge in [0.25, 0.3) is 0 Å². The third-order valence-corrected chi connectivity index (χ3v) is 15.8. The van der Waals surface area contributed by atoms with Crippen molar-refractivity contribution in [1.82, 2.24) is 16.0 Å². The van der Waals surface area contributed by atoms with E-state index in [0.29, 0.717) is 85.5 Å². The second kappa shape index (κ2) is 31.0. The summed E-state index contributed by atoms with van der Waals surface area (Å²) < 4.78 is 40.7. The molecule has 0 aliphatic carbocycles.